The molecule has 0 unspecified atom stereocenters. The van der Waals surface area contributed by atoms with E-state index in [2.05, 4.69) is 15.4 Å². The first kappa shape index (κ1) is 27.1. The Balaban J connectivity index is 1.57. The first-order valence-electron chi connectivity index (χ1n) is 11.3. The minimum Gasteiger partial charge on any atom is -0.491 e. The first-order valence-corrected chi connectivity index (χ1v) is 13.2. The first-order chi connectivity index (χ1) is 17.2. The van der Waals surface area contributed by atoms with Gasteiger partial charge in [0.15, 0.2) is 5.11 Å². The Morgan fingerprint density at radius 2 is 1.64 bits per heavy atom. The summed E-state index contributed by atoms with van der Waals surface area (Å²) >= 11 is 5.24. The molecule has 0 heterocycles. The van der Waals surface area contributed by atoms with E-state index in [0.29, 0.717) is 42.5 Å². The van der Waals surface area contributed by atoms with E-state index in [1.807, 2.05) is 26.8 Å². The van der Waals surface area contributed by atoms with Crippen LogP contribution in [0.4, 0.5) is 11.4 Å². The summed E-state index contributed by atoms with van der Waals surface area (Å²) in [5.41, 5.74) is 3.47. The van der Waals surface area contributed by atoms with Crippen LogP contribution in [0.1, 0.15) is 28.4 Å². The number of aryl methyl sites for hydroxylation is 2. The van der Waals surface area contributed by atoms with Gasteiger partial charge in [-0.15, -0.1) is 0 Å². The fourth-order valence-electron chi connectivity index (χ4n) is 3.16. The number of thiocarbonyl (C=S) groups is 1. The summed E-state index contributed by atoms with van der Waals surface area (Å²) in [6.45, 7) is 7.24. The van der Waals surface area contributed by atoms with E-state index in [4.69, 9.17) is 21.7 Å². The second-order valence-electron chi connectivity index (χ2n) is 7.91. The number of hydrogen-bond donors (Lipinski definition) is 3. The maximum Gasteiger partial charge on any atom is 0.261 e. The maximum atomic E-state index is 12.7. The molecule has 3 aromatic rings. The van der Waals surface area contributed by atoms with Crippen molar-refractivity contribution in [3.05, 3.63) is 83.4 Å². The zero-order valence-corrected chi connectivity index (χ0v) is 22.0. The van der Waals surface area contributed by atoms with Gasteiger partial charge in [0.1, 0.15) is 12.4 Å². The predicted octanol–water partition coefficient (Wildman–Crippen LogP) is 4.65. The molecule has 0 atom stereocenters. The molecule has 3 N–H and O–H groups in total. The molecule has 0 bridgehead atoms. The number of sulfonamides is 1. The van der Waals surface area contributed by atoms with Gasteiger partial charge in [-0.3, -0.25) is 14.8 Å². The van der Waals surface area contributed by atoms with Gasteiger partial charge in [-0.2, -0.15) is 0 Å². The van der Waals surface area contributed by atoms with Crippen LogP contribution in [0.5, 0.6) is 5.75 Å². The van der Waals surface area contributed by atoms with Gasteiger partial charge in [-0.25, -0.2) is 8.42 Å². The Morgan fingerprint density at radius 1 is 0.917 bits per heavy atom. The van der Waals surface area contributed by atoms with E-state index >= 15 is 0 Å². The highest BCUT2D eigenvalue weighted by atomic mass is 32.2. The molecule has 0 radical (unpaired) electrons. The van der Waals surface area contributed by atoms with E-state index < -0.39 is 15.9 Å². The largest absolute Gasteiger partial charge is 0.491 e. The van der Waals surface area contributed by atoms with Crippen LogP contribution in [0.25, 0.3) is 0 Å². The van der Waals surface area contributed by atoms with Crippen molar-refractivity contribution in [1.29, 1.82) is 0 Å². The number of nitrogens with one attached hydrogen (secondary N) is 3. The Bertz CT molecular complexity index is 1330. The molecule has 0 aliphatic rings. The molecule has 8 nitrogen and oxygen atoms in total. The van der Waals surface area contributed by atoms with Gasteiger partial charge >= 0.3 is 0 Å². The second kappa shape index (κ2) is 12.5. The number of rotatable bonds is 10. The number of anilines is 2. The van der Waals surface area contributed by atoms with Gasteiger partial charge in [-0.05, 0) is 98.7 Å². The Morgan fingerprint density at radius 3 is 2.33 bits per heavy atom. The highest BCUT2D eigenvalue weighted by molar-refractivity contribution is 7.92. The normalized spacial score (nSPS) is 11.0. The summed E-state index contributed by atoms with van der Waals surface area (Å²) in [5, 5.41) is 5.57. The van der Waals surface area contributed by atoms with Crippen LogP contribution in [0, 0.1) is 13.8 Å². The zero-order chi connectivity index (χ0) is 26.1. The Kier molecular flexibility index (Phi) is 9.40. The van der Waals surface area contributed by atoms with Crippen LogP contribution in [0.3, 0.4) is 0 Å². The summed E-state index contributed by atoms with van der Waals surface area (Å²) in [4.78, 5) is 12.7. The summed E-state index contributed by atoms with van der Waals surface area (Å²) in [6.07, 6.45) is 0. The predicted molar refractivity (Wildman–Crippen MR) is 145 cm³/mol. The topological polar surface area (TPSA) is 106 Å². The van der Waals surface area contributed by atoms with E-state index in [1.165, 1.54) is 12.1 Å². The molecule has 190 valence electrons. The standard InChI is InChI=1S/C26H29N3O5S2/c1-4-33-14-15-34-23-7-5-6-20(17-23)25(30)28-26(35)27-21-10-12-24(13-11-21)36(31,32)29-22-9-8-18(2)19(3)16-22/h5-13,16-17,29H,4,14-15H2,1-3H3,(H2,27,28,30,35). The third-order valence-corrected chi connectivity index (χ3v) is 6.81. The molecular formula is C26H29N3O5S2. The number of ether oxygens (including phenoxy) is 2. The van der Waals surface area contributed by atoms with Crippen molar-refractivity contribution >= 4 is 44.6 Å². The molecule has 0 aliphatic carbocycles. The van der Waals surface area contributed by atoms with Crippen molar-refractivity contribution in [2.45, 2.75) is 25.7 Å². The molecular weight excluding hydrogens is 498 g/mol. The van der Waals surface area contributed by atoms with Crippen LogP contribution in [0.2, 0.25) is 0 Å². The molecule has 0 saturated heterocycles. The lowest BCUT2D eigenvalue weighted by molar-refractivity contribution is 0.0976. The summed E-state index contributed by atoms with van der Waals surface area (Å²) in [6, 6.07) is 18.2. The minimum absolute atomic E-state index is 0.0755. The van der Waals surface area contributed by atoms with E-state index in [0.717, 1.165) is 11.1 Å². The van der Waals surface area contributed by atoms with E-state index in [9.17, 15) is 13.2 Å². The molecule has 0 saturated carbocycles. The quantitative estimate of drug-likeness (QED) is 0.260. The average molecular weight is 528 g/mol. The lowest BCUT2D eigenvalue weighted by Crippen LogP contribution is -2.34. The van der Waals surface area contributed by atoms with Crippen molar-refractivity contribution in [2.75, 3.05) is 29.9 Å². The zero-order valence-electron chi connectivity index (χ0n) is 20.3. The molecule has 0 fully saturated rings. The van der Waals surface area contributed by atoms with Gasteiger partial charge in [0.2, 0.25) is 0 Å². The molecule has 0 aliphatic heterocycles. The monoisotopic (exact) mass is 527 g/mol. The van der Waals surface area contributed by atoms with Crippen molar-refractivity contribution in [2.24, 2.45) is 0 Å². The highest BCUT2D eigenvalue weighted by Gasteiger charge is 2.15. The van der Waals surface area contributed by atoms with Crippen molar-refractivity contribution in [3.8, 4) is 5.75 Å². The smallest absolute Gasteiger partial charge is 0.261 e. The molecule has 36 heavy (non-hydrogen) atoms. The number of carbonyl (C=O) groups excluding carboxylic acids is 1. The summed E-state index contributed by atoms with van der Waals surface area (Å²) in [5.74, 6) is 0.145. The third-order valence-electron chi connectivity index (χ3n) is 5.21. The minimum atomic E-state index is -3.76. The molecule has 1 amide bonds. The lowest BCUT2D eigenvalue weighted by Gasteiger charge is -2.12. The van der Waals surface area contributed by atoms with Gasteiger partial charge in [0.05, 0.1) is 11.5 Å². The van der Waals surface area contributed by atoms with Gasteiger partial charge in [-0.1, -0.05) is 12.1 Å². The SMILES string of the molecule is CCOCCOc1cccc(C(=O)NC(=S)Nc2ccc(S(=O)(=O)Nc3ccc(C)c(C)c3)cc2)c1. The Hall–Kier alpha value is -3.47. The summed E-state index contributed by atoms with van der Waals surface area (Å²) in [7, 11) is -3.76. The van der Waals surface area contributed by atoms with Gasteiger partial charge in [0.25, 0.3) is 15.9 Å². The second-order valence-corrected chi connectivity index (χ2v) is 10.0. The number of carbonyl (C=O) groups is 1. The van der Waals surface area contributed by atoms with Crippen LogP contribution in [0.15, 0.2) is 71.6 Å². The van der Waals surface area contributed by atoms with Crippen molar-refractivity contribution in [3.63, 3.8) is 0 Å². The molecule has 10 heteroatoms. The molecule has 0 spiro atoms. The number of amides is 1. The molecule has 3 rings (SSSR count). The number of hydrogen-bond acceptors (Lipinski definition) is 6. The van der Waals surface area contributed by atoms with Crippen LogP contribution < -0.4 is 20.1 Å². The Labute approximate surface area is 217 Å². The van der Waals surface area contributed by atoms with Gasteiger partial charge < -0.3 is 14.8 Å². The van der Waals surface area contributed by atoms with E-state index in [1.54, 1.807) is 48.5 Å². The molecule has 3 aromatic carbocycles. The maximum absolute atomic E-state index is 12.7. The fraction of sp³-hybridized carbons (Fsp3) is 0.231. The average Bonchev–Trinajstić information content (AvgIpc) is 2.84. The lowest BCUT2D eigenvalue weighted by atomic mass is 10.1. The summed E-state index contributed by atoms with van der Waals surface area (Å²) < 4.78 is 38.9. The number of benzene rings is 3. The third kappa shape index (κ3) is 7.77. The van der Waals surface area contributed by atoms with Crippen LogP contribution >= 0.6 is 12.2 Å². The van der Waals surface area contributed by atoms with Crippen molar-refractivity contribution in [1.82, 2.24) is 5.32 Å². The van der Waals surface area contributed by atoms with Gasteiger partial charge in [0, 0.05) is 23.5 Å². The van der Waals surface area contributed by atoms with Crippen LogP contribution in [-0.2, 0) is 14.8 Å². The molecule has 0 aromatic heterocycles. The fourth-order valence-corrected chi connectivity index (χ4v) is 4.42. The highest BCUT2D eigenvalue weighted by Crippen LogP contribution is 2.20. The van der Waals surface area contributed by atoms with Crippen LogP contribution in [-0.4, -0.2) is 39.3 Å². The van der Waals surface area contributed by atoms with Crippen molar-refractivity contribution < 1.29 is 22.7 Å². The van der Waals surface area contributed by atoms with E-state index in [-0.39, 0.29) is 10.0 Å².